The summed E-state index contributed by atoms with van der Waals surface area (Å²) < 4.78 is 0. The Labute approximate surface area is 109 Å². The van der Waals surface area contributed by atoms with Crippen LogP contribution in [-0.4, -0.2) is 11.0 Å². The molecule has 0 aliphatic heterocycles. The Kier molecular flexibility index (Phi) is 3.78. The molecule has 5 nitrogen and oxygen atoms in total. The quantitative estimate of drug-likeness (QED) is 0.792. The lowest BCUT2D eigenvalue weighted by Crippen LogP contribution is -2.19. The van der Waals surface area contributed by atoms with E-state index in [-0.39, 0.29) is 6.04 Å². The largest absolute Gasteiger partial charge is 0.376 e. The first kappa shape index (κ1) is 12.4. The highest BCUT2D eigenvalue weighted by Crippen LogP contribution is 2.22. The third-order valence-electron chi connectivity index (χ3n) is 2.34. The van der Waals surface area contributed by atoms with Crippen LogP contribution in [0, 0.1) is 0 Å². The van der Waals surface area contributed by atoms with Gasteiger partial charge in [0.1, 0.15) is 5.01 Å². The Morgan fingerprint density at radius 3 is 2.89 bits per heavy atom. The normalized spacial score (nSPS) is 11.8. The van der Waals surface area contributed by atoms with Gasteiger partial charge in [0.15, 0.2) is 0 Å². The molecule has 0 aliphatic rings. The topological polar surface area (TPSA) is 80.0 Å². The molecule has 0 saturated carbocycles. The van der Waals surface area contributed by atoms with Crippen molar-refractivity contribution < 1.29 is 4.79 Å². The van der Waals surface area contributed by atoms with E-state index in [1.165, 1.54) is 0 Å². The van der Waals surface area contributed by atoms with Gasteiger partial charge in [-0.25, -0.2) is 9.78 Å². The predicted molar refractivity (Wildman–Crippen MR) is 73.8 cm³/mol. The van der Waals surface area contributed by atoms with Crippen molar-refractivity contribution in [3.8, 4) is 0 Å². The summed E-state index contributed by atoms with van der Waals surface area (Å²) in [6.45, 7) is 2.03. The van der Waals surface area contributed by atoms with Crippen LogP contribution >= 0.6 is 11.3 Å². The van der Waals surface area contributed by atoms with E-state index in [2.05, 4.69) is 15.6 Å². The monoisotopic (exact) mass is 262 g/mol. The number of thiazole rings is 1. The predicted octanol–water partition coefficient (Wildman–Crippen LogP) is 2.81. The molecule has 4 N–H and O–H groups in total. The smallest absolute Gasteiger partial charge is 0.316 e. The standard InChI is InChI=1S/C12H14N4OS/c1-8(11-14-5-6-18-11)15-9-3-2-4-10(7-9)16-12(13)17/h2-8,15H,1H3,(H3,13,16,17). The molecule has 2 amide bonds. The molecule has 2 aromatic rings. The van der Waals surface area contributed by atoms with Gasteiger partial charge >= 0.3 is 6.03 Å². The highest BCUT2D eigenvalue weighted by Gasteiger charge is 2.07. The fraction of sp³-hybridized carbons (Fsp3) is 0.167. The van der Waals surface area contributed by atoms with Crippen LogP contribution in [0.25, 0.3) is 0 Å². The third-order valence-corrected chi connectivity index (χ3v) is 3.29. The molecule has 1 aromatic heterocycles. The van der Waals surface area contributed by atoms with Crippen LogP contribution in [0.3, 0.4) is 0 Å². The lowest BCUT2D eigenvalue weighted by molar-refractivity contribution is 0.259. The molecule has 1 aromatic carbocycles. The van der Waals surface area contributed by atoms with E-state index in [0.29, 0.717) is 5.69 Å². The first-order chi connectivity index (χ1) is 8.65. The van der Waals surface area contributed by atoms with Gasteiger partial charge in [0.2, 0.25) is 0 Å². The van der Waals surface area contributed by atoms with Crippen molar-refractivity contribution in [1.82, 2.24) is 4.98 Å². The molecule has 94 valence electrons. The first-order valence-electron chi connectivity index (χ1n) is 5.47. The second-order valence-electron chi connectivity index (χ2n) is 3.81. The molecule has 2 rings (SSSR count). The maximum absolute atomic E-state index is 10.8. The fourth-order valence-corrected chi connectivity index (χ4v) is 2.23. The Balaban J connectivity index is 2.07. The Morgan fingerprint density at radius 2 is 2.22 bits per heavy atom. The van der Waals surface area contributed by atoms with Gasteiger partial charge in [-0.2, -0.15) is 0 Å². The summed E-state index contributed by atoms with van der Waals surface area (Å²) in [6.07, 6.45) is 1.78. The summed E-state index contributed by atoms with van der Waals surface area (Å²) in [4.78, 5) is 15.0. The molecule has 0 aliphatic carbocycles. The molecular weight excluding hydrogens is 248 g/mol. The van der Waals surface area contributed by atoms with Crippen molar-refractivity contribution in [2.75, 3.05) is 10.6 Å². The van der Waals surface area contributed by atoms with Crippen LogP contribution < -0.4 is 16.4 Å². The zero-order valence-corrected chi connectivity index (χ0v) is 10.7. The summed E-state index contributed by atoms with van der Waals surface area (Å²) in [5, 5.41) is 8.81. The summed E-state index contributed by atoms with van der Waals surface area (Å²) >= 11 is 1.60. The number of aromatic nitrogens is 1. The van der Waals surface area contributed by atoms with E-state index in [0.717, 1.165) is 10.7 Å². The molecule has 0 radical (unpaired) electrons. The number of benzene rings is 1. The number of hydrogen-bond donors (Lipinski definition) is 3. The van der Waals surface area contributed by atoms with Gasteiger partial charge in [-0.3, -0.25) is 0 Å². The number of hydrogen-bond acceptors (Lipinski definition) is 4. The Hall–Kier alpha value is -2.08. The van der Waals surface area contributed by atoms with Crippen LogP contribution in [0.4, 0.5) is 16.2 Å². The van der Waals surface area contributed by atoms with Crippen molar-refractivity contribution in [2.24, 2.45) is 5.73 Å². The van der Waals surface area contributed by atoms with Crippen molar-refractivity contribution >= 4 is 28.7 Å². The Bertz CT molecular complexity index is 527. The minimum Gasteiger partial charge on any atom is -0.376 e. The summed E-state index contributed by atoms with van der Waals surface area (Å²) in [5.74, 6) is 0. The lowest BCUT2D eigenvalue weighted by Gasteiger charge is -2.13. The van der Waals surface area contributed by atoms with Gasteiger partial charge in [0.05, 0.1) is 6.04 Å². The number of nitrogens with zero attached hydrogens (tertiary/aromatic N) is 1. The Morgan fingerprint density at radius 1 is 1.44 bits per heavy atom. The number of primary amides is 1. The number of carbonyl (C=O) groups excluding carboxylic acids is 1. The summed E-state index contributed by atoms with van der Waals surface area (Å²) in [5.41, 5.74) is 6.65. The SMILES string of the molecule is CC(Nc1cccc(NC(N)=O)c1)c1nccs1. The lowest BCUT2D eigenvalue weighted by atomic mass is 10.2. The molecule has 0 fully saturated rings. The van der Waals surface area contributed by atoms with E-state index in [4.69, 9.17) is 5.73 Å². The van der Waals surface area contributed by atoms with Crippen molar-refractivity contribution in [2.45, 2.75) is 13.0 Å². The van der Waals surface area contributed by atoms with E-state index < -0.39 is 6.03 Å². The molecule has 6 heteroatoms. The molecule has 0 spiro atoms. The molecule has 1 atom stereocenters. The van der Waals surface area contributed by atoms with Crippen LogP contribution in [-0.2, 0) is 0 Å². The average Bonchev–Trinajstić information content (AvgIpc) is 2.81. The van der Waals surface area contributed by atoms with Crippen molar-refractivity contribution in [3.63, 3.8) is 0 Å². The highest BCUT2D eigenvalue weighted by molar-refractivity contribution is 7.09. The van der Waals surface area contributed by atoms with E-state index in [9.17, 15) is 4.79 Å². The van der Waals surface area contributed by atoms with Gasteiger partial charge in [0, 0.05) is 23.0 Å². The highest BCUT2D eigenvalue weighted by atomic mass is 32.1. The number of nitrogens with two attached hydrogens (primary N) is 1. The fourth-order valence-electron chi connectivity index (χ4n) is 1.59. The minimum atomic E-state index is -0.569. The number of anilines is 2. The van der Waals surface area contributed by atoms with Gasteiger partial charge in [-0.1, -0.05) is 6.07 Å². The van der Waals surface area contributed by atoms with Crippen LogP contribution in [0.15, 0.2) is 35.8 Å². The van der Waals surface area contributed by atoms with Crippen molar-refractivity contribution in [3.05, 3.63) is 40.8 Å². The first-order valence-corrected chi connectivity index (χ1v) is 6.35. The summed E-state index contributed by atoms with van der Waals surface area (Å²) in [7, 11) is 0. The second kappa shape index (κ2) is 5.50. The zero-order chi connectivity index (χ0) is 13.0. The minimum absolute atomic E-state index is 0.119. The third kappa shape index (κ3) is 3.21. The number of amides is 2. The molecule has 18 heavy (non-hydrogen) atoms. The van der Waals surface area contributed by atoms with Crippen LogP contribution in [0.1, 0.15) is 18.0 Å². The molecule has 1 heterocycles. The summed E-state index contributed by atoms with van der Waals surface area (Å²) in [6, 6.07) is 6.94. The number of nitrogens with one attached hydrogen (secondary N) is 2. The molecule has 0 saturated heterocycles. The van der Waals surface area contributed by atoms with Gasteiger partial charge in [0.25, 0.3) is 0 Å². The van der Waals surface area contributed by atoms with Gasteiger partial charge in [-0.15, -0.1) is 11.3 Å². The van der Waals surface area contributed by atoms with Crippen LogP contribution in [0.5, 0.6) is 0 Å². The average molecular weight is 262 g/mol. The zero-order valence-electron chi connectivity index (χ0n) is 9.88. The van der Waals surface area contributed by atoms with Crippen LogP contribution in [0.2, 0.25) is 0 Å². The number of carbonyl (C=O) groups is 1. The maximum Gasteiger partial charge on any atom is 0.316 e. The van der Waals surface area contributed by atoms with Gasteiger partial charge < -0.3 is 16.4 Å². The molecule has 0 bridgehead atoms. The van der Waals surface area contributed by atoms with E-state index in [1.54, 1.807) is 23.6 Å². The van der Waals surface area contributed by atoms with Gasteiger partial charge in [-0.05, 0) is 25.1 Å². The number of rotatable bonds is 4. The maximum atomic E-state index is 10.8. The molecular formula is C12H14N4OS. The second-order valence-corrected chi connectivity index (χ2v) is 4.73. The number of urea groups is 1. The van der Waals surface area contributed by atoms with E-state index in [1.807, 2.05) is 30.5 Å². The van der Waals surface area contributed by atoms with E-state index >= 15 is 0 Å². The van der Waals surface area contributed by atoms with Crippen molar-refractivity contribution in [1.29, 1.82) is 0 Å². The molecule has 1 unspecified atom stereocenters.